The molecule has 5 heteroatoms. The zero-order valence-electron chi connectivity index (χ0n) is 9.98. The molecule has 1 aromatic carbocycles. The molecular weight excluding hydrogens is 258 g/mol. The maximum atomic E-state index is 5.23. The summed E-state index contributed by atoms with van der Waals surface area (Å²) in [5.74, 6) is 0.685. The Morgan fingerprint density at radius 2 is 2.00 bits per heavy atom. The summed E-state index contributed by atoms with van der Waals surface area (Å²) in [7, 11) is 0. The monoisotopic (exact) mass is 269 g/mol. The molecule has 0 aliphatic rings. The third-order valence-corrected chi connectivity index (χ3v) is 2.93. The number of nitrogens with one attached hydrogen (secondary N) is 1. The molecule has 3 aromatic rings. The van der Waals surface area contributed by atoms with E-state index in [0.29, 0.717) is 10.5 Å². The highest BCUT2D eigenvalue weighted by atomic mass is 32.1. The number of nitrogens with zero attached hydrogens (tertiary/aromatic N) is 2. The molecular formula is C14H11N3OS. The Morgan fingerprint density at radius 3 is 2.74 bits per heavy atom. The molecule has 0 unspecified atom stereocenters. The van der Waals surface area contributed by atoms with Crippen LogP contribution in [-0.2, 0) is 0 Å². The van der Waals surface area contributed by atoms with E-state index in [9.17, 15) is 0 Å². The zero-order chi connectivity index (χ0) is 13.1. The van der Waals surface area contributed by atoms with Crippen LogP contribution in [-0.4, -0.2) is 15.9 Å². The van der Waals surface area contributed by atoms with Crippen LogP contribution in [0.4, 0.5) is 0 Å². The van der Waals surface area contributed by atoms with Gasteiger partial charge in [0.05, 0.1) is 24.4 Å². The van der Waals surface area contributed by atoms with E-state index in [1.807, 2.05) is 48.7 Å². The maximum absolute atomic E-state index is 5.23. The molecule has 19 heavy (non-hydrogen) atoms. The summed E-state index contributed by atoms with van der Waals surface area (Å²) in [4.78, 5) is 3.12. The van der Waals surface area contributed by atoms with Crippen LogP contribution in [0.3, 0.4) is 0 Å². The highest BCUT2D eigenvalue weighted by Gasteiger charge is 2.01. The van der Waals surface area contributed by atoms with Crippen LogP contribution >= 0.6 is 12.2 Å². The van der Waals surface area contributed by atoms with E-state index in [1.165, 1.54) is 0 Å². The standard InChI is InChI=1S/C14H11N3OS/c19-14-16-13(11-5-2-1-3-6-11)10-17(14)15-9-12-7-4-8-18-12/h1-10H,(H,16,19)/b15-9+. The second-order valence-corrected chi connectivity index (χ2v) is 4.33. The molecule has 3 rings (SSSR count). The lowest BCUT2D eigenvalue weighted by Gasteiger charge is -1.94. The van der Waals surface area contributed by atoms with Crippen LogP contribution in [0, 0.1) is 4.77 Å². The van der Waals surface area contributed by atoms with E-state index in [2.05, 4.69) is 10.1 Å². The second kappa shape index (κ2) is 5.07. The van der Waals surface area contributed by atoms with Gasteiger partial charge in [-0.3, -0.25) is 0 Å². The molecule has 0 aliphatic heterocycles. The number of furan rings is 1. The van der Waals surface area contributed by atoms with E-state index in [1.54, 1.807) is 17.2 Å². The number of imidazole rings is 1. The van der Waals surface area contributed by atoms with Gasteiger partial charge in [0.25, 0.3) is 0 Å². The lowest BCUT2D eigenvalue weighted by atomic mass is 10.2. The fraction of sp³-hybridized carbons (Fsp3) is 0. The molecule has 94 valence electrons. The molecule has 0 atom stereocenters. The Kier molecular flexibility index (Phi) is 3.12. The Hall–Kier alpha value is -2.40. The lowest BCUT2D eigenvalue weighted by Crippen LogP contribution is -1.87. The van der Waals surface area contributed by atoms with Gasteiger partial charge in [0.15, 0.2) is 4.77 Å². The quantitative estimate of drug-likeness (QED) is 0.582. The number of aromatic nitrogens is 2. The zero-order valence-corrected chi connectivity index (χ0v) is 10.8. The van der Waals surface area contributed by atoms with Gasteiger partial charge in [0.2, 0.25) is 0 Å². The first-order valence-electron chi connectivity index (χ1n) is 5.78. The Labute approximate surface area is 115 Å². The van der Waals surface area contributed by atoms with Gasteiger partial charge >= 0.3 is 0 Å². The Balaban J connectivity index is 1.92. The van der Waals surface area contributed by atoms with Crippen LogP contribution in [0.5, 0.6) is 0 Å². The largest absolute Gasteiger partial charge is 0.463 e. The van der Waals surface area contributed by atoms with E-state index < -0.39 is 0 Å². The van der Waals surface area contributed by atoms with Crippen LogP contribution in [0.1, 0.15) is 5.76 Å². The first-order valence-corrected chi connectivity index (χ1v) is 6.19. The first kappa shape index (κ1) is 11.7. The summed E-state index contributed by atoms with van der Waals surface area (Å²) < 4.78 is 7.33. The minimum absolute atomic E-state index is 0.543. The molecule has 2 aromatic heterocycles. The average Bonchev–Trinajstić information content (AvgIpc) is 3.07. The minimum atomic E-state index is 0.543. The SMILES string of the molecule is S=c1[nH]c(-c2ccccc2)cn1/N=C/c1ccco1. The van der Waals surface area contributed by atoms with Gasteiger partial charge in [0.1, 0.15) is 5.76 Å². The summed E-state index contributed by atoms with van der Waals surface area (Å²) >= 11 is 5.23. The summed E-state index contributed by atoms with van der Waals surface area (Å²) in [6, 6.07) is 13.6. The lowest BCUT2D eigenvalue weighted by molar-refractivity contribution is 0.559. The normalized spacial score (nSPS) is 11.2. The molecule has 0 saturated heterocycles. The maximum Gasteiger partial charge on any atom is 0.198 e. The topological polar surface area (TPSA) is 46.2 Å². The first-order chi connectivity index (χ1) is 9.33. The number of hydrogen-bond donors (Lipinski definition) is 1. The number of rotatable bonds is 3. The summed E-state index contributed by atoms with van der Waals surface area (Å²) in [6.07, 6.45) is 5.09. The van der Waals surface area contributed by atoms with Gasteiger partial charge in [-0.25, -0.2) is 4.68 Å². The molecule has 1 N–H and O–H groups in total. The Morgan fingerprint density at radius 1 is 1.16 bits per heavy atom. The van der Waals surface area contributed by atoms with Crippen molar-refractivity contribution in [3.05, 3.63) is 65.5 Å². The van der Waals surface area contributed by atoms with Crippen LogP contribution in [0.2, 0.25) is 0 Å². The van der Waals surface area contributed by atoms with Crippen molar-refractivity contribution in [1.82, 2.24) is 9.66 Å². The van der Waals surface area contributed by atoms with Crippen molar-refractivity contribution in [2.24, 2.45) is 5.10 Å². The molecule has 2 heterocycles. The number of hydrogen-bond acceptors (Lipinski definition) is 3. The minimum Gasteiger partial charge on any atom is -0.463 e. The molecule has 0 radical (unpaired) electrons. The molecule has 0 aliphatic carbocycles. The molecule has 0 saturated carbocycles. The van der Waals surface area contributed by atoms with Crippen molar-refractivity contribution in [3.63, 3.8) is 0 Å². The summed E-state index contributed by atoms with van der Waals surface area (Å²) in [5, 5.41) is 4.26. The van der Waals surface area contributed by atoms with Gasteiger partial charge in [0, 0.05) is 0 Å². The van der Waals surface area contributed by atoms with Crippen molar-refractivity contribution in [1.29, 1.82) is 0 Å². The summed E-state index contributed by atoms with van der Waals surface area (Å²) in [5.41, 5.74) is 2.00. The summed E-state index contributed by atoms with van der Waals surface area (Å²) in [6.45, 7) is 0. The van der Waals surface area contributed by atoms with Gasteiger partial charge in [-0.15, -0.1) is 0 Å². The average molecular weight is 269 g/mol. The van der Waals surface area contributed by atoms with Gasteiger partial charge in [-0.1, -0.05) is 30.3 Å². The smallest absolute Gasteiger partial charge is 0.198 e. The van der Waals surface area contributed by atoms with Crippen LogP contribution in [0.25, 0.3) is 11.3 Å². The highest BCUT2D eigenvalue weighted by Crippen LogP contribution is 2.16. The second-order valence-electron chi connectivity index (χ2n) is 3.94. The van der Waals surface area contributed by atoms with E-state index >= 15 is 0 Å². The van der Waals surface area contributed by atoms with Crippen molar-refractivity contribution < 1.29 is 4.42 Å². The number of H-pyrrole nitrogens is 1. The van der Waals surface area contributed by atoms with Gasteiger partial charge in [-0.2, -0.15) is 5.10 Å². The van der Waals surface area contributed by atoms with Crippen LogP contribution < -0.4 is 0 Å². The third kappa shape index (κ3) is 2.56. The van der Waals surface area contributed by atoms with Gasteiger partial charge < -0.3 is 9.40 Å². The van der Waals surface area contributed by atoms with Crippen molar-refractivity contribution >= 4 is 18.4 Å². The van der Waals surface area contributed by atoms with Crippen molar-refractivity contribution in [2.45, 2.75) is 0 Å². The fourth-order valence-corrected chi connectivity index (χ4v) is 1.93. The number of benzene rings is 1. The van der Waals surface area contributed by atoms with Crippen molar-refractivity contribution in [2.75, 3.05) is 0 Å². The van der Waals surface area contributed by atoms with Gasteiger partial charge in [-0.05, 0) is 29.9 Å². The highest BCUT2D eigenvalue weighted by molar-refractivity contribution is 7.71. The Bertz CT molecular complexity index is 739. The predicted octanol–water partition coefficient (Wildman–Crippen LogP) is 3.69. The van der Waals surface area contributed by atoms with E-state index in [0.717, 1.165) is 11.3 Å². The molecule has 0 fully saturated rings. The molecule has 0 spiro atoms. The fourth-order valence-electron chi connectivity index (χ4n) is 1.72. The van der Waals surface area contributed by atoms with Crippen molar-refractivity contribution in [3.8, 4) is 11.3 Å². The number of aromatic amines is 1. The molecule has 0 amide bonds. The third-order valence-electron chi connectivity index (χ3n) is 2.64. The van der Waals surface area contributed by atoms with E-state index in [4.69, 9.17) is 16.6 Å². The molecule has 4 nitrogen and oxygen atoms in total. The van der Waals surface area contributed by atoms with E-state index in [-0.39, 0.29) is 0 Å². The molecule has 0 bridgehead atoms. The van der Waals surface area contributed by atoms with Crippen LogP contribution in [0.15, 0.2) is 64.4 Å². The predicted molar refractivity (Wildman–Crippen MR) is 76.8 cm³/mol.